The molecule has 1 aliphatic carbocycles. The van der Waals surface area contributed by atoms with Gasteiger partial charge in [-0.25, -0.2) is 0 Å². The SMILES string of the molecule is CC(C)(c1ccc(-c2ccc(CN3CC4(CCC4)C3)cc2)cc1)C(F)(F)F. The van der Waals surface area contributed by atoms with E-state index in [9.17, 15) is 13.2 Å². The lowest BCUT2D eigenvalue weighted by molar-refractivity contribution is -0.180. The van der Waals surface area contributed by atoms with Gasteiger partial charge in [-0.05, 0) is 54.4 Å². The van der Waals surface area contributed by atoms with Crippen molar-refractivity contribution < 1.29 is 13.2 Å². The number of rotatable bonds is 4. The average molecular weight is 373 g/mol. The molecule has 0 radical (unpaired) electrons. The lowest BCUT2D eigenvalue weighted by atomic mass is 9.63. The molecule has 4 heteroatoms. The van der Waals surface area contributed by atoms with Gasteiger partial charge in [0.05, 0.1) is 5.41 Å². The molecular weight excluding hydrogens is 347 g/mol. The number of hydrogen-bond acceptors (Lipinski definition) is 1. The lowest BCUT2D eigenvalue weighted by Crippen LogP contribution is -2.58. The third-order valence-electron chi connectivity index (χ3n) is 6.54. The highest BCUT2D eigenvalue weighted by atomic mass is 19.4. The van der Waals surface area contributed by atoms with Crippen molar-refractivity contribution in [2.75, 3.05) is 13.1 Å². The quantitative estimate of drug-likeness (QED) is 0.619. The molecule has 0 aromatic heterocycles. The first-order valence-electron chi connectivity index (χ1n) is 9.68. The van der Waals surface area contributed by atoms with E-state index in [1.54, 1.807) is 24.3 Å². The summed E-state index contributed by atoms with van der Waals surface area (Å²) in [4.78, 5) is 2.50. The molecule has 0 unspecified atom stereocenters. The Kier molecular flexibility index (Phi) is 4.38. The Labute approximate surface area is 159 Å². The molecule has 0 N–H and O–H groups in total. The van der Waals surface area contributed by atoms with Gasteiger partial charge >= 0.3 is 6.18 Å². The normalized spacial score (nSPS) is 19.6. The zero-order valence-electron chi connectivity index (χ0n) is 15.9. The molecule has 144 valence electrons. The maximum absolute atomic E-state index is 13.2. The number of likely N-dealkylation sites (tertiary alicyclic amines) is 1. The average Bonchev–Trinajstić information content (AvgIpc) is 2.56. The van der Waals surface area contributed by atoms with E-state index in [2.05, 4.69) is 29.2 Å². The maximum atomic E-state index is 13.2. The van der Waals surface area contributed by atoms with Crippen LogP contribution in [0.1, 0.15) is 44.2 Å². The zero-order chi connectivity index (χ0) is 19.3. The van der Waals surface area contributed by atoms with Crippen molar-refractivity contribution in [1.29, 1.82) is 0 Å². The highest BCUT2D eigenvalue weighted by Crippen LogP contribution is 2.48. The van der Waals surface area contributed by atoms with Crippen LogP contribution >= 0.6 is 0 Å². The van der Waals surface area contributed by atoms with Crippen LogP contribution in [0.4, 0.5) is 13.2 Å². The number of nitrogens with zero attached hydrogens (tertiary/aromatic N) is 1. The van der Waals surface area contributed by atoms with Crippen molar-refractivity contribution in [2.45, 2.75) is 51.2 Å². The van der Waals surface area contributed by atoms with Crippen LogP contribution in [0, 0.1) is 5.41 Å². The van der Waals surface area contributed by atoms with E-state index in [4.69, 9.17) is 0 Å². The van der Waals surface area contributed by atoms with Crippen LogP contribution < -0.4 is 0 Å². The third kappa shape index (κ3) is 3.40. The summed E-state index contributed by atoms with van der Waals surface area (Å²) in [5.74, 6) is 0. The van der Waals surface area contributed by atoms with Gasteiger partial charge in [-0.3, -0.25) is 4.90 Å². The molecule has 1 saturated heterocycles. The van der Waals surface area contributed by atoms with Gasteiger partial charge < -0.3 is 0 Å². The Morgan fingerprint density at radius 3 is 1.81 bits per heavy atom. The highest BCUT2D eigenvalue weighted by molar-refractivity contribution is 5.64. The smallest absolute Gasteiger partial charge is 0.298 e. The Morgan fingerprint density at radius 2 is 1.37 bits per heavy atom. The minimum atomic E-state index is -4.26. The van der Waals surface area contributed by atoms with Crippen molar-refractivity contribution >= 4 is 0 Å². The second-order valence-corrected chi connectivity index (χ2v) is 8.90. The fourth-order valence-electron chi connectivity index (χ4n) is 4.31. The predicted molar refractivity (Wildman–Crippen MR) is 103 cm³/mol. The molecule has 1 aliphatic heterocycles. The summed E-state index contributed by atoms with van der Waals surface area (Å²) >= 11 is 0. The van der Waals surface area contributed by atoms with Crippen LogP contribution in [0.3, 0.4) is 0 Å². The van der Waals surface area contributed by atoms with Gasteiger partial charge in [0.25, 0.3) is 0 Å². The second-order valence-electron chi connectivity index (χ2n) is 8.90. The van der Waals surface area contributed by atoms with Crippen molar-refractivity contribution in [3.8, 4) is 11.1 Å². The van der Waals surface area contributed by atoms with E-state index in [0.717, 1.165) is 17.7 Å². The number of hydrogen-bond donors (Lipinski definition) is 0. The molecule has 2 aromatic rings. The van der Waals surface area contributed by atoms with Gasteiger partial charge in [0, 0.05) is 19.6 Å². The topological polar surface area (TPSA) is 3.24 Å². The molecular formula is C23H26F3N. The summed E-state index contributed by atoms with van der Waals surface area (Å²) < 4.78 is 39.6. The van der Waals surface area contributed by atoms with E-state index in [1.807, 2.05) is 0 Å². The summed E-state index contributed by atoms with van der Waals surface area (Å²) in [7, 11) is 0. The summed E-state index contributed by atoms with van der Waals surface area (Å²) in [6.07, 6.45) is -0.0836. The van der Waals surface area contributed by atoms with Gasteiger partial charge in [-0.2, -0.15) is 13.2 Å². The Bertz CT molecular complexity index is 791. The second kappa shape index (κ2) is 6.37. The van der Waals surface area contributed by atoms with Gasteiger partial charge in [0.2, 0.25) is 0 Å². The maximum Gasteiger partial charge on any atom is 0.397 e. The molecule has 2 aromatic carbocycles. The van der Waals surface area contributed by atoms with Crippen LogP contribution in [-0.2, 0) is 12.0 Å². The van der Waals surface area contributed by atoms with Crippen molar-refractivity contribution in [1.82, 2.24) is 4.90 Å². The third-order valence-corrected chi connectivity index (χ3v) is 6.54. The fourth-order valence-corrected chi connectivity index (χ4v) is 4.31. The first kappa shape index (κ1) is 18.5. The fraction of sp³-hybridized carbons (Fsp3) is 0.478. The number of halogens is 3. The lowest BCUT2D eigenvalue weighted by Gasteiger charge is -2.56. The minimum Gasteiger partial charge on any atom is -0.298 e. The van der Waals surface area contributed by atoms with Crippen molar-refractivity contribution in [3.05, 3.63) is 59.7 Å². The molecule has 2 fully saturated rings. The van der Waals surface area contributed by atoms with Crippen LogP contribution in [-0.4, -0.2) is 24.2 Å². The molecule has 2 aliphatic rings. The van der Waals surface area contributed by atoms with E-state index >= 15 is 0 Å². The van der Waals surface area contributed by atoms with Crippen LogP contribution in [0.2, 0.25) is 0 Å². The van der Waals surface area contributed by atoms with Crippen molar-refractivity contribution in [2.24, 2.45) is 5.41 Å². The van der Waals surface area contributed by atoms with E-state index in [-0.39, 0.29) is 5.56 Å². The molecule has 0 atom stereocenters. The molecule has 1 saturated carbocycles. The predicted octanol–water partition coefficient (Wildman–Crippen LogP) is 6.18. The molecule has 27 heavy (non-hydrogen) atoms. The molecule has 0 bridgehead atoms. The standard InChI is InChI=1S/C23H26F3N/c1-21(2,23(24,25)26)20-10-8-19(9-11-20)18-6-4-17(5-7-18)14-27-15-22(16-27)12-3-13-22/h4-11H,3,12-16H2,1-2H3. The van der Waals surface area contributed by atoms with E-state index < -0.39 is 11.6 Å². The van der Waals surface area contributed by atoms with Gasteiger partial charge in [-0.1, -0.05) is 55.0 Å². The largest absolute Gasteiger partial charge is 0.397 e. The molecule has 4 rings (SSSR count). The van der Waals surface area contributed by atoms with Gasteiger partial charge in [-0.15, -0.1) is 0 Å². The van der Waals surface area contributed by atoms with Crippen LogP contribution in [0.5, 0.6) is 0 Å². The molecule has 1 nitrogen and oxygen atoms in total. The Balaban J connectivity index is 1.41. The number of alkyl halides is 3. The Morgan fingerprint density at radius 1 is 0.852 bits per heavy atom. The molecule has 1 spiro atoms. The highest BCUT2D eigenvalue weighted by Gasteiger charge is 2.48. The summed E-state index contributed by atoms with van der Waals surface area (Å²) in [5.41, 5.74) is 2.37. The molecule has 0 amide bonds. The van der Waals surface area contributed by atoms with Gasteiger partial charge in [0.15, 0.2) is 0 Å². The summed E-state index contributed by atoms with van der Waals surface area (Å²) in [6, 6.07) is 15.2. The summed E-state index contributed by atoms with van der Waals surface area (Å²) in [6.45, 7) is 5.89. The Hall–Kier alpha value is -1.81. The minimum absolute atomic E-state index is 0.290. The van der Waals surface area contributed by atoms with Gasteiger partial charge in [0.1, 0.15) is 0 Å². The van der Waals surface area contributed by atoms with Crippen LogP contribution in [0.25, 0.3) is 11.1 Å². The van der Waals surface area contributed by atoms with E-state index in [1.165, 1.54) is 51.8 Å². The summed E-state index contributed by atoms with van der Waals surface area (Å²) in [5, 5.41) is 0. The van der Waals surface area contributed by atoms with Crippen molar-refractivity contribution in [3.63, 3.8) is 0 Å². The van der Waals surface area contributed by atoms with E-state index in [0.29, 0.717) is 5.41 Å². The van der Waals surface area contributed by atoms with Crippen LogP contribution in [0.15, 0.2) is 48.5 Å². The first-order chi connectivity index (χ1) is 12.7. The first-order valence-corrected chi connectivity index (χ1v) is 9.68. The molecule has 1 heterocycles. The zero-order valence-corrected chi connectivity index (χ0v) is 15.9. The monoisotopic (exact) mass is 373 g/mol. The number of benzene rings is 2.